The van der Waals surface area contributed by atoms with Crippen LogP contribution in [-0.4, -0.2) is 58.1 Å². The number of nitrogens with zero attached hydrogens (tertiary/aromatic N) is 1. The average molecular weight is 330 g/mol. The van der Waals surface area contributed by atoms with Crippen molar-refractivity contribution in [2.75, 3.05) is 40.0 Å². The third kappa shape index (κ3) is 12.7. The van der Waals surface area contributed by atoms with Crippen LogP contribution in [0.2, 0.25) is 0 Å². The summed E-state index contributed by atoms with van der Waals surface area (Å²) in [6.07, 6.45) is 1.38. The van der Waals surface area contributed by atoms with Crippen LogP contribution in [0, 0.1) is 5.92 Å². The molecule has 0 aliphatic rings. The standard InChI is InChI=1S/C16H34N4O3/c1-6-17-15(18-9-8-10-22-5)19-12-14(11-13(3)4)20-16(21)23-7-2/h13-14H,6-12H2,1-5H3,(H,20,21)(H2,17,18,19). The maximum Gasteiger partial charge on any atom is 0.407 e. The summed E-state index contributed by atoms with van der Waals surface area (Å²) in [6.45, 7) is 11.2. The molecule has 0 saturated heterocycles. The van der Waals surface area contributed by atoms with E-state index in [1.165, 1.54) is 0 Å². The van der Waals surface area contributed by atoms with Gasteiger partial charge in [-0.3, -0.25) is 4.99 Å². The molecule has 7 nitrogen and oxygen atoms in total. The molecular weight excluding hydrogens is 296 g/mol. The van der Waals surface area contributed by atoms with Crippen molar-refractivity contribution in [1.29, 1.82) is 0 Å². The largest absolute Gasteiger partial charge is 0.450 e. The van der Waals surface area contributed by atoms with Crippen LogP contribution in [-0.2, 0) is 9.47 Å². The minimum Gasteiger partial charge on any atom is -0.450 e. The molecule has 0 aliphatic heterocycles. The Morgan fingerprint density at radius 2 is 1.96 bits per heavy atom. The maximum absolute atomic E-state index is 11.6. The smallest absolute Gasteiger partial charge is 0.407 e. The SMILES string of the molecule is CCNC(=NCC(CC(C)C)NC(=O)OCC)NCCCOC. The Morgan fingerprint density at radius 3 is 2.52 bits per heavy atom. The molecular formula is C16H34N4O3. The number of hydrogen-bond acceptors (Lipinski definition) is 4. The highest BCUT2D eigenvalue weighted by atomic mass is 16.5. The molecule has 0 bridgehead atoms. The highest BCUT2D eigenvalue weighted by molar-refractivity contribution is 5.79. The Hall–Kier alpha value is -1.50. The van der Waals surface area contributed by atoms with E-state index in [1.807, 2.05) is 6.92 Å². The zero-order valence-electron chi connectivity index (χ0n) is 15.3. The Morgan fingerprint density at radius 1 is 1.22 bits per heavy atom. The summed E-state index contributed by atoms with van der Waals surface area (Å²) in [7, 11) is 1.69. The van der Waals surface area contributed by atoms with Crippen molar-refractivity contribution in [1.82, 2.24) is 16.0 Å². The number of rotatable bonds is 11. The van der Waals surface area contributed by atoms with Crippen LogP contribution in [0.3, 0.4) is 0 Å². The quantitative estimate of drug-likeness (QED) is 0.305. The lowest BCUT2D eigenvalue weighted by molar-refractivity contribution is 0.147. The topological polar surface area (TPSA) is 84.0 Å². The number of aliphatic imine (C=N–C) groups is 1. The predicted octanol–water partition coefficient (Wildman–Crippen LogP) is 1.74. The van der Waals surface area contributed by atoms with Crippen LogP contribution >= 0.6 is 0 Å². The van der Waals surface area contributed by atoms with Crippen LogP contribution in [0.25, 0.3) is 0 Å². The fourth-order valence-electron chi connectivity index (χ4n) is 2.05. The second-order valence-corrected chi connectivity index (χ2v) is 5.68. The summed E-state index contributed by atoms with van der Waals surface area (Å²) in [6, 6.07) is -0.0384. The Kier molecular flexibility index (Phi) is 13.2. The minimum absolute atomic E-state index is 0.0384. The van der Waals surface area contributed by atoms with Gasteiger partial charge < -0.3 is 25.4 Å². The number of carbonyl (C=O) groups excluding carboxylic acids is 1. The highest BCUT2D eigenvalue weighted by Gasteiger charge is 2.14. The number of carbonyl (C=O) groups is 1. The van der Waals surface area contributed by atoms with Gasteiger partial charge in [-0.2, -0.15) is 0 Å². The highest BCUT2D eigenvalue weighted by Crippen LogP contribution is 2.05. The molecule has 7 heteroatoms. The van der Waals surface area contributed by atoms with Crippen molar-refractivity contribution in [2.24, 2.45) is 10.9 Å². The molecule has 0 rings (SSSR count). The first kappa shape index (κ1) is 21.5. The van der Waals surface area contributed by atoms with E-state index in [1.54, 1.807) is 14.0 Å². The lowest BCUT2D eigenvalue weighted by Gasteiger charge is -2.19. The molecule has 1 unspecified atom stereocenters. The van der Waals surface area contributed by atoms with Crippen molar-refractivity contribution in [2.45, 2.75) is 46.6 Å². The zero-order chi connectivity index (χ0) is 17.5. The number of ether oxygens (including phenoxy) is 2. The van der Waals surface area contributed by atoms with E-state index in [0.717, 1.165) is 31.9 Å². The van der Waals surface area contributed by atoms with E-state index < -0.39 is 0 Å². The van der Waals surface area contributed by atoms with Gasteiger partial charge in [0.05, 0.1) is 19.2 Å². The third-order valence-corrected chi connectivity index (χ3v) is 2.99. The number of hydrogen-bond donors (Lipinski definition) is 3. The van der Waals surface area contributed by atoms with Gasteiger partial charge in [0.2, 0.25) is 0 Å². The molecule has 0 aromatic heterocycles. The van der Waals surface area contributed by atoms with Crippen molar-refractivity contribution >= 4 is 12.1 Å². The van der Waals surface area contributed by atoms with E-state index in [4.69, 9.17) is 9.47 Å². The van der Waals surface area contributed by atoms with Crippen molar-refractivity contribution < 1.29 is 14.3 Å². The summed E-state index contributed by atoms with van der Waals surface area (Å²) in [4.78, 5) is 16.2. The van der Waals surface area contributed by atoms with E-state index in [2.05, 4.69) is 34.8 Å². The van der Waals surface area contributed by atoms with Crippen molar-refractivity contribution in [3.05, 3.63) is 0 Å². The molecule has 0 heterocycles. The molecule has 1 amide bonds. The van der Waals surface area contributed by atoms with E-state index >= 15 is 0 Å². The molecule has 0 fully saturated rings. The van der Waals surface area contributed by atoms with Gasteiger partial charge in [0.1, 0.15) is 0 Å². The Bertz CT molecular complexity index is 335. The molecule has 0 spiro atoms. The number of methoxy groups -OCH3 is 1. The fourth-order valence-corrected chi connectivity index (χ4v) is 2.05. The molecule has 1 atom stereocenters. The van der Waals surface area contributed by atoms with Gasteiger partial charge in [-0.1, -0.05) is 13.8 Å². The maximum atomic E-state index is 11.6. The molecule has 136 valence electrons. The molecule has 0 aliphatic carbocycles. The normalized spacial score (nSPS) is 12.9. The first-order valence-electron chi connectivity index (χ1n) is 8.47. The first-order chi connectivity index (χ1) is 11.0. The number of nitrogens with one attached hydrogen (secondary N) is 3. The van der Waals surface area contributed by atoms with Crippen LogP contribution in [0.1, 0.15) is 40.5 Å². The van der Waals surface area contributed by atoms with Gasteiger partial charge >= 0.3 is 6.09 Å². The van der Waals surface area contributed by atoms with Gasteiger partial charge in [-0.25, -0.2) is 4.79 Å². The van der Waals surface area contributed by atoms with E-state index in [-0.39, 0.29) is 12.1 Å². The second-order valence-electron chi connectivity index (χ2n) is 5.68. The van der Waals surface area contributed by atoms with Crippen LogP contribution in [0.4, 0.5) is 4.79 Å². The summed E-state index contributed by atoms with van der Waals surface area (Å²) < 4.78 is 9.99. The Balaban J connectivity index is 4.53. The van der Waals surface area contributed by atoms with Crippen LogP contribution in [0.15, 0.2) is 4.99 Å². The predicted molar refractivity (Wildman–Crippen MR) is 93.9 cm³/mol. The zero-order valence-corrected chi connectivity index (χ0v) is 15.3. The van der Waals surface area contributed by atoms with Gasteiger partial charge in [0.25, 0.3) is 0 Å². The fraction of sp³-hybridized carbons (Fsp3) is 0.875. The summed E-state index contributed by atoms with van der Waals surface area (Å²) in [5, 5.41) is 9.34. The van der Waals surface area contributed by atoms with E-state index in [9.17, 15) is 4.79 Å². The molecule has 0 saturated carbocycles. The third-order valence-electron chi connectivity index (χ3n) is 2.99. The lowest BCUT2D eigenvalue weighted by Crippen LogP contribution is -2.42. The van der Waals surface area contributed by atoms with Gasteiger partial charge in [-0.05, 0) is 32.6 Å². The Labute approximate surface area is 140 Å². The summed E-state index contributed by atoms with van der Waals surface area (Å²) >= 11 is 0. The average Bonchev–Trinajstić information content (AvgIpc) is 2.48. The summed E-state index contributed by atoms with van der Waals surface area (Å²) in [5.74, 6) is 1.22. The summed E-state index contributed by atoms with van der Waals surface area (Å²) in [5.41, 5.74) is 0. The van der Waals surface area contributed by atoms with Gasteiger partial charge in [0, 0.05) is 26.8 Å². The molecule has 0 aromatic rings. The second kappa shape index (κ2) is 14.1. The van der Waals surface area contributed by atoms with E-state index in [0.29, 0.717) is 25.7 Å². The van der Waals surface area contributed by atoms with Crippen LogP contribution < -0.4 is 16.0 Å². The van der Waals surface area contributed by atoms with Crippen LogP contribution in [0.5, 0.6) is 0 Å². The van der Waals surface area contributed by atoms with Crippen molar-refractivity contribution in [3.8, 4) is 0 Å². The molecule has 0 aromatic carbocycles. The molecule has 0 radical (unpaired) electrons. The molecule has 23 heavy (non-hydrogen) atoms. The monoisotopic (exact) mass is 330 g/mol. The van der Waals surface area contributed by atoms with Gasteiger partial charge in [0.15, 0.2) is 5.96 Å². The number of guanidine groups is 1. The number of alkyl carbamates (subject to hydrolysis) is 1. The van der Waals surface area contributed by atoms with Crippen molar-refractivity contribution in [3.63, 3.8) is 0 Å². The van der Waals surface area contributed by atoms with Gasteiger partial charge in [-0.15, -0.1) is 0 Å². The molecule has 3 N–H and O–H groups in total. The first-order valence-corrected chi connectivity index (χ1v) is 8.47. The minimum atomic E-state index is -0.383. The number of amides is 1. The lowest BCUT2D eigenvalue weighted by atomic mass is 10.0.